The molecule has 0 saturated carbocycles. The second-order valence-corrected chi connectivity index (χ2v) is 5.35. The highest BCUT2D eigenvalue weighted by Gasteiger charge is 2.08. The number of anilines is 2. The summed E-state index contributed by atoms with van der Waals surface area (Å²) in [4.78, 5) is 6.53. The first-order valence-electron chi connectivity index (χ1n) is 7.08. The van der Waals surface area contributed by atoms with Crippen LogP contribution >= 0.6 is 0 Å². The molecule has 106 valence electrons. The lowest BCUT2D eigenvalue weighted by Crippen LogP contribution is -2.16. The van der Waals surface area contributed by atoms with Crippen LogP contribution in [0.2, 0.25) is 0 Å². The van der Waals surface area contributed by atoms with Gasteiger partial charge >= 0.3 is 0 Å². The summed E-state index contributed by atoms with van der Waals surface area (Å²) in [6.07, 6.45) is 10.1. The molecule has 1 aromatic carbocycles. The lowest BCUT2D eigenvalue weighted by molar-refractivity contribution is 0.512. The van der Waals surface area contributed by atoms with Crippen molar-refractivity contribution >= 4 is 16.9 Å². The predicted octanol–water partition coefficient (Wildman–Crippen LogP) is 3.98. The largest absolute Gasteiger partial charge is 0.376 e. The van der Waals surface area contributed by atoms with E-state index >= 15 is 0 Å². The molecule has 0 saturated heterocycles. The normalized spacial score (nSPS) is 14.0. The molecule has 3 rings (SSSR count). The standard InChI is InChI=1S/C18H19N3/c1-14-6-3-4-8-18(14)20-17-10-16(11-19-12-17)15-7-5-9-21(2)13-15/h3-12,20H,13H2,1-2H3. The summed E-state index contributed by atoms with van der Waals surface area (Å²) in [6.45, 7) is 3.01. The summed E-state index contributed by atoms with van der Waals surface area (Å²) in [7, 11) is 2.08. The summed E-state index contributed by atoms with van der Waals surface area (Å²) in [5, 5.41) is 3.44. The molecule has 1 aliphatic heterocycles. The molecule has 2 heterocycles. The van der Waals surface area contributed by atoms with E-state index in [2.05, 4.69) is 65.7 Å². The van der Waals surface area contributed by atoms with Crippen molar-refractivity contribution in [1.82, 2.24) is 9.88 Å². The third kappa shape index (κ3) is 3.14. The molecule has 0 atom stereocenters. The molecular weight excluding hydrogens is 258 g/mol. The van der Waals surface area contributed by atoms with Gasteiger partial charge in [-0.1, -0.05) is 24.3 Å². The Labute approximate surface area is 125 Å². The molecule has 0 radical (unpaired) electrons. The van der Waals surface area contributed by atoms with E-state index in [0.29, 0.717) is 0 Å². The first kappa shape index (κ1) is 13.4. The first-order valence-corrected chi connectivity index (χ1v) is 7.08. The third-order valence-electron chi connectivity index (χ3n) is 3.59. The number of benzene rings is 1. The van der Waals surface area contributed by atoms with Gasteiger partial charge in [0.25, 0.3) is 0 Å². The van der Waals surface area contributed by atoms with Gasteiger partial charge in [0, 0.05) is 25.5 Å². The fourth-order valence-electron chi connectivity index (χ4n) is 2.42. The lowest BCUT2D eigenvalue weighted by Gasteiger charge is -2.20. The van der Waals surface area contributed by atoms with Crippen molar-refractivity contribution in [2.75, 3.05) is 18.9 Å². The molecule has 0 bridgehead atoms. The van der Waals surface area contributed by atoms with E-state index in [-0.39, 0.29) is 0 Å². The summed E-state index contributed by atoms with van der Waals surface area (Å²) in [6, 6.07) is 10.4. The van der Waals surface area contributed by atoms with Crippen molar-refractivity contribution in [3.63, 3.8) is 0 Å². The number of likely N-dealkylation sites (N-methyl/N-ethyl adjacent to an activating group) is 1. The van der Waals surface area contributed by atoms with Crippen LogP contribution in [-0.2, 0) is 0 Å². The van der Waals surface area contributed by atoms with Crippen LogP contribution < -0.4 is 5.32 Å². The second kappa shape index (κ2) is 5.83. The number of aromatic nitrogens is 1. The Hall–Kier alpha value is -2.55. The van der Waals surface area contributed by atoms with E-state index in [1.165, 1.54) is 11.1 Å². The highest BCUT2D eigenvalue weighted by Crippen LogP contribution is 2.24. The number of nitrogens with one attached hydrogen (secondary N) is 1. The Kier molecular flexibility index (Phi) is 3.73. The van der Waals surface area contributed by atoms with Crippen molar-refractivity contribution in [2.45, 2.75) is 6.92 Å². The zero-order valence-electron chi connectivity index (χ0n) is 12.4. The van der Waals surface area contributed by atoms with Gasteiger partial charge in [-0.15, -0.1) is 0 Å². The number of allylic oxidation sites excluding steroid dienone is 2. The molecule has 0 fully saturated rings. The average Bonchev–Trinajstić information content (AvgIpc) is 2.50. The highest BCUT2D eigenvalue weighted by molar-refractivity contribution is 5.73. The molecule has 1 aliphatic rings. The molecule has 21 heavy (non-hydrogen) atoms. The second-order valence-electron chi connectivity index (χ2n) is 5.35. The number of hydrogen-bond donors (Lipinski definition) is 1. The van der Waals surface area contributed by atoms with Gasteiger partial charge in [-0.3, -0.25) is 4.98 Å². The third-order valence-corrected chi connectivity index (χ3v) is 3.59. The van der Waals surface area contributed by atoms with E-state index in [9.17, 15) is 0 Å². The zero-order chi connectivity index (χ0) is 14.7. The van der Waals surface area contributed by atoms with Gasteiger partial charge < -0.3 is 10.2 Å². The topological polar surface area (TPSA) is 28.2 Å². The van der Waals surface area contributed by atoms with Gasteiger partial charge in [0.05, 0.1) is 11.9 Å². The van der Waals surface area contributed by atoms with Gasteiger partial charge in [-0.25, -0.2) is 0 Å². The highest BCUT2D eigenvalue weighted by atomic mass is 15.1. The minimum atomic E-state index is 0.909. The Balaban J connectivity index is 1.85. The number of aryl methyl sites for hydroxylation is 1. The van der Waals surface area contributed by atoms with Crippen LogP contribution in [0.25, 0.3) is 5.57 Å². The molecule has 0 aliphatic carbocycles. The molecule has 0 unspecified atom stereocenters. The van der Waals surface area contributed by atoms with Crippen LogP contribution in [0.5, 0.6) is 0 Å². The summed E-state index contributed by atoms with van der Waals surface area (Å²) < 4.78 is 0. The monoisotopic (exact) mass is 277 g/mol. The van der Waals surface area contributed by atoms with Crippen LogP contribution in [0, 0.1) is 6.92 Å². The lowest BCUT2D eigenvalue weighted by atomic mass is 10.1. The van der Waals surface area contributed by atoms with Crippen LogP contribution in [-0.4, -0.2) is 23.5 Å². The Bertz CT molecular complexity index is 701. The molecule has 0 spiro atoms. The van der Waals surface area contributed by atoms with Crippen molar-refractivity contribution in [2.24, 2.45) is 0 Å². The Morgan fingerprint density at radius 1 is 1.19 bits per heavy atom. The summed E-state index contributed by atoms with van der Waals surface area (Å²) in [5.41, 5.74) is 5.79. The SMILES string of the molecule is Cc1ccccc1Nc1cncc(C2=CC=CN(C)C2)c1. The average molecular weight is 277 g/mol. The molecule has 0 amide bonds. The van der Waals surface area contributed by atoms with Gasteiger partial charge in [-0.05, 0) is 48.0 Å². The Morgan fingerprint density at radius 2 is 2.05 bits per heavy atom. The van der Waals surface area contributed by atoms with Crippen LogP contribution in [0.15, 0.2) is 61.1 Å². The molecular formula is C18H19N3. The van der Waals surface area contributed by atoms with E-state index in [4.69, 9.17) is 0 Å². The molecule has 2 aromatic rings. The van der Waals surface area contributed by atoms with Crippen molar-refractivity contribution in [3.05, 3.63) is 72.2 Å². The number of pyridine rings is 1. The van der Waals surface area contributed by atoms with Gasteiger partial charge in [0.1, 0.15) is 0 Å². The predicted molar refractivity (Wildman–Crippen MR) is 88.4 cm³/mol. The maximum Gasteiger partial charge on any atom is 0.0576 e. The number of rotatable bonds is 3. The number of para-hydroxylation sites is 1. The number of hydrogen-bond acceptors (Lipinski definition) is 3. The van der Waals surface area contributed by atoms with Crippen LogP contribution in [0.4, 0.5) is 11.4 Å². The molecule has 3 heteroatoms. The number of nitrogens with zero attached hydrogens (tertiary/aromatic N) is 2. The van der Waals surface area contributed by atoms with Crippen molar-refractivity contribution < 1.29 is 0 Å². The van der Waals surface area contributed by atoms with E-state index in [1.54, 1.807) is 0 Å². The van der Waals surface area contributed by atoms with Gasteiger partial charge in [-0.2, -0.15) is 0 Å². The van der Waals surface area contributed by atoms with Crippen molar-refractivity contribution in [3.8, 4) is 0 Å². The fraction of sp³-hybridized carbons (Fsp3) is 0.167. The molecule has 3 nitrogen and oxygen atoms in total. The summed E-state index contributed by atoms with van der Waals surface area (Å²) in [5.74, 6) is 0. The zero-order valence-corrected chi connectivity index (χ0v) is 12.4. The maximum absolute atomic E-state index is 4.36. The maximum atomic E-state index is 4.36. The van der Waals surface area contributed by atoms with Crippen molar-refractivity contribution in [1.29, 1.82) is 0 Å². The van der Waals surface area contributed by atoms with E-state index in [0.717, 1.165) is 23.5 Å². The summed E-state index contributed by atoms with van der Waals surface area (Å²) >= 11 is 0. The smallest absolute Gasteiger partial charge is 0.0576 e. The quantitative estimate of drug-likeness (QED) is 0.920. The van der Waals surface area contributed by atoms with Gasteiger partial charge in [0.15, 0.2) is 0 Å². The Morgan fingerprint density at radius 3 is 2.86 bits per heavy atom. The fourth-order valence-corrected chi connectivity index (χ4v) is 2.42. The minimum absolute atomic E-state index is 0.909. The van der Waals surface area contributed by atoms with E-state index in [1.807, 2.05) is 24.5 Å². The van der Waals surface area contributed by atoms with Crippen LogP contribution in [0.1, 0.15) is 11.1 Å². The van der Waals surface area contributed by atoms with E-state index < -0.39 is 0 Å². The van der Waals surface area contributed by atoms with Crippen LogP contribution in [0.3, 0.4) is 0 Å². The molecule has 1 aromatic heterocycles. The minimum Gasteiger partial charge on any atom is -0.376 e. The van der Waals surface area contributed by atoms with Gasteiger partial charge in [0.2, 0.25) is 0 Å². The molecule has 1 N–H and O–H groups in total. The first-order chi connectivity index (χ1) is 10.2.